The second-order valence-electron chi connectivity index (χ2n) is 17.2. The monoisotopic (exact) mass is 749 g/mol. The van der Waals surface area contributed by atoms with Crippen molar-refractivity contribution >= 4 is 5.97 Å². The number of nitrogens with zero attached hydrogens (tertiary/aromatic N) is 2. The molecule has 0 aromatic carbocycles. The fourth-order valence-corrected chi connectivity index (χ4v) is 8.74. The van der Waals surface area contributed by atoms with Gasteiger partial charge in [0.15, 0.2) is 12.6 Å². The van der Waals surface area contributed by atoms with Gasteiger partial charge in [0.25, 0.3) is 0 Å². The van der Waals surface area contributed by atoms with E-state index in [4.69, 9.17) is 28.4 Å². The minimum Gasteiger partial charge on any atom is -0.459 e. The van der Waals surface area contributed by atoms with Crippen molar-refractivity contribution in [3.63, 3.8) is 0 Å². The smallest absolute Gasteiger partial charge is 0.311 e. The van der Waals surface area contributed by atoms with E-state index >= 15 is 0 Å². The Balaban J connectivity index is 2.17. The summed E-state index contributed by atoms with van der Waals surface area (Å²) in [5.74, 6) is -2.58. The summed E-state index contributed by atoms with van der Waals surface area (Å²) in [6.07, 6.45) is -8.19. The Morgan fingerprint density at radius 3 is 2.12 bits per heavy atom. The highest BCUT2D eigenvalue weighted by atomic mass is 16.7. The van der Waals surface area contributed by atoms with Crippen LogP contribution in [0.1, 0.15) is 94.9 Å². The first kappa shape index (κ1) is 45.4. The van der Waals surface area contributed by atoms with E-state index < -0.39 is 96.0 Å². The van der Waals surface area contributed by atoms with E-state index in [1.54, 1.807) is 41.5 Å². The van der Waals surface area contributed by atoms with Crippen LogP contribution in [0, 0.1) is 17.8 Å². The van der Waals surface area contributed by atoms with Crippen LogP contribution in [-0.4, -0.2) is 166 Å². The van der Waals surface area contributed by atoms with Gasteiger partial charge in [0.05, 0.1) is 41.5 Å². The topological polar surface area (TPSA) is 180 Å². The summed E-state index contributed by atoms with van der Waals surface area (Å²) in [6.45, 7) is 18.0. The molecular formula is C38H72N2O12. The summed E-state index contributed by atoms with van der Waals surface area (Å²) < 4.78 is 37.5. The number of esters is 1. The molecule has 3 rings (SSSR count). The van der Waals surface area contributed by atoms with E-state index in [1.807, 2.05) is 51.7 Å². The van der Waals surface area contributed by atoms with Gasteiger partial charge in [-0.2, -0.15) is 0 Å². The summed E-state index contributed by atoms with van der Waals surface area (Å²) in [5, 5.41) is 58.1. The first-order chi connectivity index (χ1) is 23.9. The molecule has 14 nitrogen and oxygen atoms in total. The van der Waals surface area contributed by atoms with Crippen LogP contribution < -0.4 is 0 Å². The van der Waals surface area contributed by atoms with Gasteiger partial charge in [-0.05, 0) is 94.8 Å². The van der Waals surface area contributed by atoms with E-state index in [0.717, 1.165) is 0 Å². The van der Waals surface area contributed by atoms with E-state index in [2.05, 4.69) is 0 Å². The molecule has 3 heterocycles. The van der Waals surface area contributed by atoms with Crippen molar-refractivity contribution in [2.75, 3.05) is 34.8 Å². The lowest BCUT2D eigenvalue weighted by Gasteiger charge is -2.48. The molecule has 3 fully saturated rings. The number of aliphatic hydroxyl groups is 5. The maximum atomic E-state index is 14.2. The fraction of sp³-hybridized carbons (Fsp3) is 0.974. The van der Waals surface area contributed by atoms with Crippen LogP contribution in [0.25, 0.3) is 0 Å². The highest BCUT2D eigenvalue weighted by Crippen LogP contribution is 2.40. The molecule has 0 spiro atoms. The van der Waals surface area contributed by atoms with Gasteiger partial charge in [0.2, 0.25) is 0 Å². The first-order valence-electron chi connectivity index (χ1n) is 19.1. The predicted octanol–water partition coefficient (Wildman–Crippen LogP) is 1.90. The van der Waals surface area contributed by atoms with Crippen molar-refractivity contribution in [3.8, 4) is 0 Å². The third-order valence-electron chi connectivity index (χ3n) is 12.2. The Morgan fingerprint density at radius 2 is 1.56 bits per heavy atom. The Labute approximate surface area is 312 Å². The number of hydrogen-bond acceptors (Lipinski definition) is 14. The molecule has 0 bridgehead atoms. The third kappa shape index (κ3) is 10.0. The number of rotatable bonds is 7. The normalized spacial score (nSPS) is 49.6. The summed E-state index contributed by atoms with van der Waals surface area (Å²) in [4.78, 5) is 18.0. The van der Waals surface area contributed by atoms with Crippen molar-refractivity contribution < 1.29 is 58.7 Å². The third-order valence-corrected chi connectivity index (χ3v) is 12.2. The number of methoxy groups -OCH3 is 1. The number of cyclic esters (lactones) is 1. The second-order valence-corrected chi connectivity index (χ2v) is 17.2. The molecule has 0 amide bonds. The van der Waals surface area contributed by atoms with Crippen LogP contribution in [0.3, 0.4) is 0 Å². The molecule has 52 heavy (non-hydrogen) atoms. The fourth-order valence-electron chi connectivity index (χ4n) is 8.74. The van der Waals surface area contributed by atoms with Crippen LogP contribution in [0.4, 0.5) is 0 Å². The number of carbonyl (C=O) groups excluding carboxylic acids is 1. The minimum absolute atomic E-state index is 0.133. The maximum absolute atomic E-state index is 14.2. The highest BCUT2D eigenvalue weighted by Gasteiger charge is 2.52. The molecule has 1 unspecified atom stereocenters. The molecule has 0 radical (unpaired) electrons. The first-order valence-corrected chi connectivity index (χ1v) is 19.1. The Kier molecular flexibility index (Phi) is 15.6. The zero-order valence-corrected chi connectivity index (χ0v) is 34.2. The molecule has 5 N–H and O–H groups in total. The molecule has 306 valence electrons. The molecule has 14 heteroatoms. The predicted molar refractivity (Wildman–Crippen MR) is 194 cm³/mol. The summed E-state index contributed by atoms with van der Waals surface area (Å²) in [5.41, 5.74) is -4.37. The zero-order chi connectivity index (χ0) is 39.7. The van der Waals surface area contributed by atoms with Crippen molar-refractivity contribution in [2.45, 2.75) is 185 Å². The van der Waals surface area contributed by atoms with E-state index in [9.17, 15) is 30.3 Å². The number of likely N-dealkylation sites (N-methyl/N-ethyl adjacent to an activating group) is 2. The molecular weight excluding hydrogens is 676 g/mol. The van der Waals surface area contributed by atoms with Crippen molar-refractivity contribution in [1.29, 1.82) is 0 Å². The Morgan fingerprint density at radius 1 is 0.942 bits per heavy atom. The molecule has 3 aliphatic heterocycles. The van der Waals surface area contributed by atoms with Gasteiger partial charge in [0.1, 0.15) is 30.0 Å². The van der Waals surface area contributed by atoms with Gasteiger partial charge >= 0.3 is 5.97 Å². The number of aliphatic hydroxyl groups excluding tert-OH is 3. The van der Waals surface area contributed by atoms with Crippen LogP contribution in [0.2, 0.25) is 0 Å². The number of hydrogen-bond donors (Lipinski definition) is 5. The highest BCUT2D eigenvalue weighted by molar-refractivity contribution is 5.73. The van der Waals surface area contributed by atoms with Gasteiger partial charge in [0, 0.05) is 38.1 Å². The average Bonchev–Trinajstić information content (AvgIpc) is 3.05. The van der Waals surface area contributed by atoms with E-state index in [1.165, 1.54) is 14.0 Å². The zero-order valence-electron chi connectivity index (χ0n) is 34.2. The van der Waals surface area contributed by atoms with Crippen molar-refractivity contribution in [3.05, 3.63) is 0 Å². The minimum atomic E-state index is -1.80. The molecule has 18 atom stereocenters. The Hall–Kier alpha value is -1.01. The number of ether oxygens (including phenoxy) is 6. The average molecular weight is 749 g/mol. The summed E-state index contributed by atoms with van der Waals surface area (Å²) >= 11 is 0. The van der Waals surface area contributed by atoms with Gasteiger partial charge in [-0.25, -0.2) is 0 Å². The van der Waals surface area contributed by atoms with Crippen LogP contribution >= 0.6 is 0 Å². The van der Waals surface area contributed by atoms with Crippen LogP contribution in [0.5, 0.6) is 0 Å². The quantitative estimate of drug-likeness (QED) is 0.238. The maximum Gasteiger partial charge on any atom is 0.311 e. The van der Waals surface area contributed by atoms with Gasteiger partial charge in [-0.3, -0.25) is 4.79 Å². The second kappa shape index (κ2) is 17.8. The molecule has 0 aromatic heterocycles. The lowest BCUT2D eigenvalue weighted by molar-refractivity contribution is -0.318. The van der Waals surface area contributed by atoms with Crippen LogP contribution in [-0.2, 0) is 33.2 Å². The van der Waals surface area contributed by atoms with Gasteiger partial charge in [-0.1, -0.05) is 20.8 Å². The lowest BCUT2D eigenvalue weighted by Crippen LogP contribution is -2.60. The number of carbonyl (C=O) groups is 1. The largest absolute Gasteiger partial charge is 0.459 e. The van der Waals surface area contributed by atoms with Gasteiger partial charge in [-0.15, -0.1) is 0 Å². The van der Waals surface area contributed by atoms with E-state index in [-0.39, 0.29) is 37.3 Å². The lowest BCUT2D eigenvalue weighted by atomic mass is 9.77. The SMILES string of the molecule is CCC1OC(=O)[C@H](C)[C@@H](O[C@@H]2C[C@@](C)(OC)[C@@H](O)[C@@H](C)O2)[C@@H](C)[C@H](O[C@@H]2O[C@H](C)C[C@H](N(C)C)[C@H]2O)[C@](C)(O)C[C@@H](C)CN(C)[C@@H](C)[C@@H](O)[C@@]1(C)O. The van der Waals surface area contributed by atoms with Crippen LogP contribution in [0.15, 0.2) is 0 Å². The standard InChI is InChI=1S/C38H72N2O12/c1-15-27-38(10,46)31(42)24(6)40(13)19-20(2)17-36(8,45)33(52-35-29(41)26(39(11)12)16-21(3)48-35)22(4)30(23(5)34(44)50-27)51-28-18-37(9,47-14)32(43)25(7)49-28/h20-33,35,41-43,45-46H,15-19H2,1-14H3/t20-,21-,22-,23-,24+,25-,26+,27?,28-,29-,30+,31-,32+,33+,35+,36-,37-,38+/m1/s1. The van der Waals surface area contributed by atoms with E-state index in [0.29, 0.717) is 13.0 Å². The van der Waals surface area contributed by atoms with Crippen molar-refractivity contribution in [2.24, 2.45) is 17.8 Å². The molecule has 3 aliphatic rings. The summed E-state index contributed by atoms with van der Waals surface area (Å²) in [6, 6.07) is -0.808. The summed E-state index contributed by atoms with van der Waals surface area (Å²) in [7, 11) is 7.12. The molecule has 0 saturated carbocycles. The molecule has 0 aliphatic carbocycles. The van der Waals surface area contributed by atoms with Crippen molar-refractivity contribution in [1.82, 2.24) is 9.80 Å². The van der Waals surface area contributed by atoms with Gasteiger partial charge < -0.3 is 63.8 Å². The molecule has 0 aromatic rings. The molecule has 3 saturated heterocycles. The Bertz CT molecular complexity index is 1140.